The van der Waals surface area contributed by atoms with E-state index < -0.39 is 0 Å². The quantitative estimate of drug-likeness (QED) is 0.867. The smallest absolute Gasteiger partial charge is 0.0404 e. The number of rotatable bonds is 3. The standard InChI is InChI=1S/C14H15BrN2/c1-10-8-13(6-7-14(10)15)17-12-5-3-4-11(9-12)16-2/h3-9,16-17H,1-2H3. The highest BCUT2D eigenvalue weighted by atomic mass is 79.9. The molecule has 0 aliphatic heterocycles. The summed E-state index contributed by atoms with van der Waals surface area (Å²) in [4.78, 5) is 0. The second-order valence-corrected chi connectivity index (χ2v) is 4.77. The number of hydrogen-bond donors (Lipinski definition) is 2. The second-order valence-electron chi connectivity index (χ2n) is 3.92. The Morgan fingerprint density at radius 3 is 2.35 bits per heavy atom. The van der Waals surface area contributed by atoms with Crippen molar-refractivity contribution in [2.75, 3.05) is 17.7 Å². The number of nitrogens with one attached hydrogen (secondary N) is 2. The van der Waals surface area contributed by atoms with Gasteiger partial charge in [0.2, 0.25) is 0 Å². The molecule has 2 aromatic carbocycles. The molecule has 0 heterocycles. The van der Waals surface area contributed by atoms with Crippen molar-refractivity contribution in [3.8, 4) is 0 Å². The number of anilines is 3. The summed E-state index contributed by atoms with van der Waals surface area (Å²) in [7, 11) is 1.92. The molecular weight excluding hydrogens is 276 g/mol. The van der Waals surface area contributed by atoms with Crippen molar-refractivity contribution >= 4 is 33.0 Å². The Balaban J connectivity index is 2.22. The molecule has 0 spiro atoms. The number of hydrogen-bond acceptors (Lipinski definition) is 2. The molecule has 2 rings (SSSR count). The first-order valence-electron chi connectivity index (χ1n) is 5.50. The molecule has 0 amide bonds. The first-order chi connectivity index (χ1) is 8.19. The summed E-state index contributed by atoms with van der Waals surface area (Å²) >= 11 is 3.50. The molecule has 0 aromatic heterocycles. The molecule has 0 radical (unpaired) electrons. The minimum atomic E-state index is 1.08. The van der Waals surface area contributed by atoms with Crippen molar-refractivity contribution in [1.29, 1.82) is 0 Å². The Kier molecular flexibility index (Phi) is 3.69. The van der Waals surface area contributed by atoms with Gasteiger partial charge in [-0.2, -0.15) is 0 Å². The fourth-order valence-electron chi connectivity index (χ4n) is 1.64. The lowest BCUT2D eigenvalue weighted by Crippen LogP contribution is -1.93. The van der Waals surface area contributed by atoms with Gasteiger partial charge in [0.25, 0.3) is 0 Å². The van der Waals surface area contributed by atoms with Crippen LogP contribution in [0.15, 0.2) is 46.9 Å². The van der Waals surface area contributed by atoms with Gasteiger partial charge >= 0.3 is 0 Å². The van der Waals surface area contributed by atoms with Gasteiger partial charge in [-0.25, -0.2) is 0 Å². The summed E-state index contributed by atoms with van der Waals surface area (Å²) in [5.74, 6) is 0. The minimum absolute atomic E-state index is 1.08. The van der Waals surface area contributed by atoms with Crippen molar-refractivity contribution in [2.24, 2.45) is 0 Å². The van der Waals surface area contributed by atoms with Crippen LogP contribution in [0.3, 0.4) is 0 Å². The van der Waals surface area contributed by atoms with Gasteiger partial charge in [-0.3, -0.25) is 0 Å². The summed E-state index contributed by atoms with van der Waals surface area (Å²) in [5.41, 5.74) is 4.50. The van der Waals surface area contributed by atoms with E-state index in [0.717, 1.165) is 21.5 Å². The van der Waals surface area contributed by atoms with E-state index in [9.17, 15) is 0 Å². The third-order valence-corrected chi connectivity index (χ3v) is 3.49. The van der Waals surface area contributed by atoms with Crippen molar-refractivity contribution in [2.45, 2.75) is 6.92 Å². The Morgan fingerprint density at radius 1 is 0.941 bits per heavy atom. The van der Waals surface area contributed by atoms with E-state index in [1.807, 2.05) is 19.2 Å². The molecule has 2 nitrogen and oxygen atoms in total. The first-order valence-corrected chi connectivity index (χ1v) is 6.29. The van der Waals surface area contributed by atoms with Gasteiger partial charge in [0.15, 0.2) is 0 Å². The van der Waals surface area contributed by atoms with Crippen LogP contribution in [0.5, 0.6) is 0 Å². The van der Waals surface area contributed by atoms with Gasteiger partial charge in [0.1, 0.15) is 0 Å². The highest BCUT2D eigenvalue weighted by Crippen LogP contribution is 2.24. The molecule has 88 valence electrons. The predicted molar refractivity (Wildman–Crippen MR) is 78.2 cm³/mol. The van der Waals surface area contributed by atoms with E-state index in [-0.39, 0.29) is 0 Å². The third-order valence-electron chi connectivity index (χ3n) is 2.60. The monoisotopic (exact) mass is 290 g/mol. The molecule has 17 heavy (non-hydrogen) atoms. The Hall–Kier alpha value is -1.48. The summed E-state index contributed by atoms with van der Waals surface area (Å²) in [6.07, 6.45) is 0. The molecule has 0 bridgehead atoms. The highest BCUT2D eigenvalue weighted by Gasteiger charge is 1.98. The zero-order valence-electron chi connectivity index (χ0n) is 9.92. The van der Waals surface area contributed by atoms with Crippen LogP contribution < -0.4 is 10.6 Å². The van der Waals surface area contributed by atoms with E-state index in [1.54, 1.807) is 0 Å². The van der Waals surface area contributed by atoms with Crippen molar-refractivity contribution < 1.29 is 0 Å². The molecule has 3 heteroatoms. The van der Waals surface area contributed by atoms with Crippen LogP contribution in [0, 0.1) is 6.92 Å². The van der Waals surface area contributed by atoms with Gasteiger partial charge in [0, 0.05) is 28.6 Å². The van der Waals surface area contributed by atoms with Gasteiger partial charge in [-0.1, -0.05) is 22.0 Å². The van der Waals surface area contributed by atoms with E-state index in [1.165, 1.54) is 5.56 Å². The average Bonchev–Trinajstić information content (AvgIpc) is 2.34. The normalized spacial score (nSPS) is 10.1. The molecule has 0 saturated carbocycles. The maximum absolute atomic E-state index is 3.50. The zero-order valence-corrected chi connectivity index (χ0v) is 11.5. The zero-order chi connectivity index (χ0) is 12.3. The van der Waals surface area contributed by atoms with E-state index >= 15 is 0 Å². The maximum Gasteiger partial charge on any atom is 0.0404 e. The minimum Gasteiger partial charge on any atom is -0.388 e. The van der Waals surface area contributed by atoms with E-state index in [0.29, 0.717) is 0 Å². The molecule has 2 N–H and O–H groups in total. The lowest BCUT2D eigenvalue weighted by molar-refractivity contribution is 1.41. The van der Waals surface area contributed by atoms with Crippen LogP contribution >= 0.6 is 15.9 Å². The first kappa shape index (κ1) is 12.0. The summed E-state index contributed by atoms with van der Waals surface area (Å²) < 4.78 is 1.13. The van der Waals surface area contributed by atoms with Crippen LogP contribution in [0.2, 0.25) is 0 Å². The maximum atomic E-state index is 3.50. The lowest BCUT2D eigenvalue weighted by atomic mass is 10.2. The van der Waals surface area contributed by atoms with E-state index in [4.69, 9.17) is 0 Å². The topological polar surface area (TPSA) is 24.1 Å². The average molecular weight is 291 g/mol. The van der Waals surface area contributed by atoms with Gasteiger partial charge in [-0.05, 0) is 48.9 Å². The lowest BCUT2D eigenvalue weighted by Gasteiger charge is -2.09. The molecular formula is C14H15BrN2. The second kappa shape index (κ2) is 5.23. The van der Waals surface area contributed by atoms with Crippen LogP contribution in [0.1, 0.15) is 5.56 Å². The van der Waals surface area contributed by atoms with Crippen molar-refractivity contribution in [3.63, 3.8) is 0 Å². The van der Waals surface area contributed by atoms with Crippen LogP contribution in [0.25, 0.3) is 0 Å². The van der Waals surface area contributed by atoms with Crippen LogP contribution in [-0.2, 0) is 0 Å². The van der Waals surface area contributed by atoms with Crippen molar-refractivity contribution in [1.82, 2.24) is 0 Å². The van der Waals surface area contributed by atoms with Gasteiger partial charge in [-0.15, -0.1) is 0 Å². The largest absolute Gasteiger partial charge is 0.388 e. The SMILES string of the molecule is CNc1cccc(Nc2ccc(Br)c(C)c2)c1. The summed E-state index contributed by atoms with van der Waals surface area (Å²) in [6.45, 7) is 2.08. The van der Waals surface area contributed by atoms with Crippen LogP contribution in [0.4, 0.5) is 17.1 Å². The Bertz CT molecular complexity index is 523. The molecule has 0 unspecified atom stereocenters. The van der Waals surface area contributed by atoms with Gasteiger partial charge in [0.05, 0.1) is 0 Å². The van der Waals surface area contributed by atoms with Crippen LogP contribution in [-0.4, -0.2) is 7.05 Å². The molecule has 0 fully saturated rings. The summed E-state index contributed by atoms with van der Waals surface area (Å²) in [5, 5.41) is 6.51. The van der Waals surface area contributed by atoms with Crippen molar-refractivity contribution in [3.05, 3.63) is 52.5 Å². The summed E-state index contributed by atoms with van der Waals surface area (Å²) in [6, 6.07) is 14.4. The molecule has 0 saturated heterocycles. The molecule has 2 aromatic rings. The molecule has 0 aliphatic rings. The van der Waals surface area contributed by atoms with E-state index in [2.05, 4.69) is 63.8 Å². The Morgan fingerprint density at radius 2 is 1.65 bits per heavy atom. The molecule has 0 atom stereocenters. The number of benzene rings is 2. The third kappa shape index (κ3) is 3.01. The fourth-order valence-corrected chi connectivity index (χ4v) is 1.89. The van der Waals surface area contributed by atoms with Gasteiger partial charge < -0.3 is 10.6 Å². The highest BCUT2D eigenvalue weighted by molar-refractivity contribution is 9.10. The number of aryl methyl sites for hydroxylation is 1. The fraction of sp³-hybridized carbons (Fsp3) is 0.143. The molecule has 0 aliphatic carbocycles. The number of halogens is 1. The predicted octanol–water partition coefficient (Wildman–Crippen LogP) is 4.54. The Labute approximate surface area is 110 Å².